The van der Waals surface area contributed by atoms with Gasteiger partial charge in [0.05, 0.1) is 11.7 Å². The third-order valence-corrected chi connectivity index (χ3v) is 5.56. The summed E-state index contributed by atoms with van der Waals surface area (Å²) in [5.74, 6) is 0.499. The van der Waals surface area contributed by atoms with Gasteiger partial charge in [-0.3, -0.25) is 4.79 Å². The van der Waals surface area contributed by atoms with Crippen LogP contribution >= 0.6 is 11.8 Å². The van der Waals surface area contributed by atoms with Gasteiger partial charge in [0.15, 0.2) is 0 Å². The van der Waals surface area contributed by atoms with Crippen LogP contribution in [0.4, 0.5) is 0 Å². The zero-order chi connectivity index (χ0) is 18.4. The molecular weight excluding hydrogens is 346 g/mol. The zero-order valence-electron chi connectivity index (χ0n) is 15.3. The molecule has 1 saturated carbocycles. The number of thioether (sulfide) groups is 1. The number of ether oxygens (including phenoxy) is 1. The maximum atomic E-state index is 12.6. The molecule has 1 aliphatic carbocycles. The first-order valence-corrected chi connectivity index (χ1v) is 10.0. The number of amides is 1. The average molecular weight is 372 g/mol. The molecule has 1 aliphatic rings. The lowest BCUT2D eigenvalue weighted by Crippen LogP contribution is -2.24. The van der Waals surface area contributed by atoms with Crippen LogP contribution in [0, 0.1) is 0 Å². The van der Waals surface area contributed by atoms with Crippen molar-refractivity contribution in [2.24, 2.45) is 0 Å². The van der Waals surface area contributed by atoms with Crippen LogP contribution in [0.15, 0.2) is 41.7 Å². The minimum atomic E-state index is -0.0962. The van der Waals surface area contributed by atoms with E-state index in [1.165, 1.54) is 25.7 Å². The SMILES string of the molecule is CC(C)Oc1ccc(CNC(=O)c2cccnc2SC2CCCC2)cn1. The molecule has 0 bridgehead atoms. The molecule has 1 N–H and O–H groups in total. The molecule has 3 rings (SSSR count). The largest absolute Gasteiger partial charge is 0.475 e. The Hall–Kier alpha value is -2.08. The van der Waals surface area contributed by atoms with Crippen molar-refractivity contribution in [3.63, 3.8) is 0 Å². The van der Waals surface area contributed by atoms with Crippen molar-refractivity contribution in [2.45, 2.75) is 62.5 Å². The topological polar surface area (TPSA) is 64.1 Å². The van der Waals surface area contributed by atoms with Crippen LogP contribution in [0.2, 0.25) is 0 Å². The lowest BCUT2D eigenvalue weighted by molar-refractivity contribution is 0.0947. The van der Waals surface area contributed by atoms with E-state index in [9.17, 15) is 4.79 Å². The van der Waals surface area contributed by atoms with Gasteiger partial charge in [-0.15, -0.1) is 11.8 Å². The highest BCUT2D eigenvalue weighted by Crippen LogP contribution is 2.35. The van der Waals surface area contributed by atoms with E-state index >= 15 is 0 Å². The number of hydrogen-bond acceptors (Lipinski definition) is 5. The number of pyridine rings is 2. The van der Waals surface area contributed by atoms with Gasteiger partial charge in [-0.05, 0) is 44.4 Å². The van der Waals surface area contributed by atoms with E-state index in [1.807, 2.05) is 38.1 Å². The molecule has 0 aromatic carbocycles. The zero-order valence-corrected chi connectivity index (χ0v) is 16.1. The van der Waals surface area contributed by atoms with E-state index in [1.54, 1.807) is 24.2 Å². The van der Waals surface area contributed by atoms with Crippen LogP contribution in [-0.2, 0) is 6.54 Å². The van der Waals surface area contributed by atoms with Gasteiger partial charge >= 0.3 is 0 Å². The summed E-state index contributed by atoms with van der Waals surface area (Å²) in [5, 5.41) is 4.37. The first-order valence-electron chi connectivity index (χ1n) is 9.13. The van der Waals surface area contributed by atoms with Crippen molar-refractivity contribution in [3.05, 3.63) is 47.8 Å². The Morgan fingerprint density at radius 1 is 1.27 bits per heavy atom. The van der Waals surface area contributed by atoms with Gasteiger partial charge < -0.3 is 10.1 Å². The molecule has 1 amide bonds. The second-order valence-corrected chi connectivity index (χ2v) is 8.02. The van der Waals surface area contributed by atoms with Gasteiger partial charge in [0, 0.05) is 30.3 Å². The molecule has 0 spiro atoms. The van der Waals surface area contributed by atoms with Crippen molar-refractivity contribution < 1.29 is 9.53 Å². The minimum absolute atomic E-state index is 0.0921. The smallest absolute Gasteiger partial charge is 0.254 e. The Morgan fingerprint density at radius 3 is 2.77 bits per heavy atom. The van der Waals surface area contributed by atoms with E-state index in [0.717, 1.165) is 10.6 Å². The molecule has 0 aliphatic heterocycles. The van der Waals surface area contributed by atoms with E-state index < -0.39 is 0 Å². The number of nitrogens with zero attached hydrogens (tertiary/aromatic N) is 2. The van der Waals surface area contributed by atoms with Crippen LogP contribution in [0.5, 0.6) is 5.88 Å². The van der Waals surface area contributed by atoms with Gasteiger partial charge in [0.25, 0.3) is 5.91 Å². The summed E-state index contributed by atoms with van der Waals surface area (Å²) < 4.78 is 5.53. The molecule has 138 valence electrons. The number of carbonyl (C=O) groups excluding carboxylic acids is 1. The third-order valence-electron chi connectivity index (χ3n) is 4.20. The summed E-state index contributed by atoms with van der Waals surface area (Å²) in [4.78, 5) is 21.3. The molecule has 26 heavy (non-hydrogen) atoms. The fraction of sp³-hybridized carbons (Fsp3) is 0.450. The number of nitrogens with one attached hydrogen (secondary N) is 1. The molecule has 0 radical (unpaired) electrons. The van der Waals surface area contributed by atoms with Crippen molar-refractivity contribution in [3.8, 4) is 5.88 Å². The summed E-state index contributed by atoms with van der Waals surface area (Å²) in [5.41, 5.74) is 1.58. The highest BCUT2D eigenvalue weighted by atomic mass is 32.2. The summed E-state index contributed by atoms with van der Waals surface area (Å²) >= 11 is 1.73. The Kier molecular flexibility index (Phi) is 6.50. The monoisotopic (exact) mass is 371 g/mol. The summed E-state index contributed by atoms with van der Waals surface area (Å²) in [6.45, 7) is 4.35. The minimum Gasteiger partial charge on any atom is -0.475 e. The maximum absolute atomic E-state index is 12.6. The summed E-state index contributed by atoms with van der Waals surface area (Å²) in [6.07, 6.45) is 8.54. The van der Waals surface area contributed by atoms with E-state index in [2.05, 4.69) is 15.3 Å². The highest BCUT2D eigenvalue weighted by Gasteiger charge is 2.20. The molecular formula is C20H25N3O2S. The number of carbonyl (C=O) groups is 1. The van der Waals surface area contributed by atoms with Crippen molar-refractivity contribution in [1.82, 2.24) is 15.3 Å². The van der Waals surface area contributed by atoms with Crippen LogP contribution in [0.3, 0.4) is 0 Å². The second kappa shape index (κ2) is 9.03. The van der Waals surface area contributed by atoms with Crippen molar-refractivity contribution in [2.75, 3.05) is 0 Å². The van der Waals surface area contributed by atoms with E-state index in [0.29, 0.717) is 23.2 Å². The Bertz CT molecular complexity index is 728. The van der Waals surface area contributed by atoms with Crippen LogP contribution in [-0.4, -0.2) is 27.2 Å². The van der Waals surface area contributed by atoms with E-state index in [4.69, 9.17) is 4.74 Å². The Morgan fingerprint density at radius 2 is 2.08 bits per heavy atom. The number of rotatable bonds is 7. The standard InChI is InChI=1S/C20H25N3O2S/c1-14(2)25-18-10-9-15(12-22-18)13-23-19(24)17-8-5-11-21-20(17)26-16-6-3-4-7-16/h5,8-12,14,16H,3-4,6-7,13H2,1-2H3,(H,23,24). The molecule has 1 fully saturated rings. The fourth-order valence-corrected chi connectivity index (χ4v) is 4.22. The van der Waals surface area contributed by atoms with E-state index in [-0.39, 0.29) is 12.0 Å². The normalized spacial score (nSPS) is 14.6. The lowest BCUT2D eigenvalue weighted by Gasteiger charge is -2.12. The summed E-state index contributed by atoms with van der Waals surface area (Å²) in [7, 11) is 0. The lowest BCUT2D eigenvalue weighted by atomic mass is 10.2. The molecule has 0 atom stereocenters. The van der Waals surface area contributed by atoms with Gasteiger partial charge in [-0.25, -0.2) is 9.97 Å². The fourth-order valence-electron chi connectivity index (χ4n) is 2.93. The molecule has 5 nitrogen and oxygen atoms in total. The molecule has 6 heteroatoms. The van der Waals surface area contributed by atoms with Crippen molar-refractivity contribution in [1.29, 1.82) is 0 Å². The van der Waals surface area contributed by atoms with Gasteiger partial charge in [0.1, 0.15) is 5.03 Å². The number of aromatic nitrogens is 2. The Labute approximate surface area is 159 Å². The molecule has 0 unspecified atom stereocenters. The van der Waals surface area contributed by atoms with Gasteiger partial charge in [-0.1, -0.05) is 18.9 Å². The van der Waals surface area contributed by atoms with Crippen LogP contribution in [0.1, 0.15) is 55.5 Å². The summed E-state index contributed by atoms with van der Waals surface area (Å²) in [6, 6.07) is 7.40. The third kappa shape index (κ3) is 5.21. The first kappa shape index (κ1) is 18.7. The first-order chi connectivity index (χ1) is 12.6. The average Bonchev–Trinajstić information content (AvgIpc) is 3.14. The van der Waals surface area contributed by atoms with Crippen molar-refractivity contribution >= 4 is 17.7 Å². The quantitative estimate of drug-likeness (QED) is 0.789. The molecule has 0 saturated heterocycles. The Balaban J connectivity index is 1.59. The highest BCUT2D eigenvalue weighted by molar-refractivity contribution is 7.99. The molecule has 2 aromatic rings. The van der Waals surface area contributed by atoms with Crippen LogP contribution in [0.25, 0.3) is 0 Å². The predicted octanol–water partition coefficient (Wildman–Crippen LogP) is 4.23. The second-order valence-electron chi connectivity index (χ2n) is 6.73. The molecule has 2 aromatic heterocycles. The van der Waals surface area contributed by atoms with Gasteiger partial charge in [0.2, 0.25) is 5.88 Å². The van der Waals surface area contributed by atoms with Crippen LogP contribution < -0.4 is 10.1 Å². The van der Waals surface area contributed by atoms with Gasteiger partial charge in [-0.2, -0.15) is 0 Å². The molecule has 2 heterocycles. The number of hydrogen-bond donors (Lipinski definition) is 1. The predicted molar refractivity (Wildman–Crippen MR) is 104 cm³/mol. The maximum Gasteiger partial charge on any atom is 0.254 e.